The molecule has 0 radical (unpaired) electrons. The van der Waals surface area contributed by atoms with Crippen LogP contribution in [0.25, 0.3) is 0 Å². The second-order valence-corrected chi connectivity index (χ2v) is 2.91. The van der Waals surface area contributed by atoms with E-state index in [1.807, 2.05) is 30.3 Å². The van der Waals surface area contributed by atoms with Gasteiger partial charge in [0.25, 0.3) is 0 Å². The van der Waals surface area contributed by atoms with Crippen molar-refractivity contribution >= 4 is 24.8 Å². The van der Waals surface area contributed by atoms with E-state index < -0.39 is 0 Å². The minimum Gasteiger partial charge on any atom is -0.206 e. The van der Waals surface area contributed by atoms with Crippen molar-refractivity contribution in [2.45, 2.75) is 4.90 Å². The molecule has 0 aliphatic heterocycles. The van der Waals surface area contributed by atoms with Gasteiger partial charge in [-0.3, -0.25) is 0 Å². The average molecular weight is 157 g/mol. The average Bonchev–Trinajstić information content (AvgIpc) is 1.91. The standard InChI is InChI=1S/C6H7NS2/c8-7-9-6-4-2-1-3-5-6/h1-5,7-8H. The number of rotatable bonds is 2. The summed E-state index contributed by atoms with van der Waals surface area (Å²) in [5.41, 5.74) is 0. The molecule has 0 aliphatic carbocycles. The van der Waals surface area contributed by atoms with E-state index in [0.717, 1.165) is 0 Å². The molecule has 0 fully saturated rings. The highest BCUT2D eigenvalue weighted by atomic mass is 32.2. The van der Waals surface area contributed by atoms with Gasteiger partial charge in [0, 0.05) is 4.90 Å². The van der Waals surface area contributed by atoms with Crippen LogP contribution < -0.4 is 4.13 Å². The summed E-state index contributed by atoms with van der Waals surface area (Å²) in [7, 11) is 0. The van der Waals surface area contributed by atoms with Gasteiger partial charge in [0.05, 0.1) is 0 Å². The van der Waals surface area contributed by atoms with Crippen molar-refractivity contribution in [1.29, 1.82) is 0 Å². The van der Waals surface area contributed by atoms with Gasteiger partial charge in [0.1, 0.15) is 0 Å². The molecule has 0 bridgehead atoms. The Bertz CT molecular complexity index is 164. The second kappa shape index (κ2) is 3.82. The summed E-state index contributed by atoms with van der Waals surface area (Å²) in [6.07, 6.45) is 0. The Labute approximate surface area is 64.5 Å². The number of hydrogen-bond acceptors (Lipinski definition) is 3. The maximum Gasteiger partial charge on any atom is 0.0236 e. The summed E-state index contributed by atoms with van der Waals surface area (Å²) in [5.74, 6) is 0. The lowest BCUT2D eigenvalue weighted by Crippen LogP contribution is -1.79. The summed E-state index contributed by atoms with van der Waals surface area (Å²) in [4.78, 5) is 1.17. The summed E-state index contributed by atoms with van der Waals surface area (Å²) in [5, 5.41) is 0. The van der Waals surface area contributed by atoms with Gasteiger partial charge < -0.3 is 0 Å². The lowest BCUT2D eigenvalue weighted by molar-refractivity contribution is 1.45. The first-order valence-electron chi connectivity index (χ1n) is 2.54. The van der Waals surface area contributed by atoms with Gasteiger partial charge in [0.15, 0.2) is 0 Å². The van der Waals surface area contributed by atoms with Crippen LogP contribution in [0.2, 0.25) is 0 Å². The predicted molar refractivity (Wildman–Crippen MR) is 44.4 cm³/mol. The monoisotopic (exact) mass is 157 g/mol. The fourth-order valence-electron chi connectivity index (χ4n) is 0.541. The first-order valence-corrected chi connectivity index (χ1v) is 3.81. The topological polar surface area (TPSA) is 12.0 Å². The maximum atomic E-state index is 3.84. The van der Waals surface area contributed by atoms with Gasteiger partial charge in [-0.1, -0.05) is 31.0 Å². The Morgan fingerprint density at radius 1 is 1.22 bits per heavy atom. The summed E-state index contributed by atoms with van der Waals surface area (Å²) in [6, 6.07) is 10.0. The lowest BCUT2D eigenvalue weighted by atomic mass is 10.4. The zero-order valence-corrected chi connectivity index (χ0v) is 6.45. The third-order valence-corrected chi connectivity index (χ3v) is 1.78. The molecule has 48 valence electrons. The van der Waals surface area contributed by atoms with Crippen molar-refractivity contribution in [2.75, 3.05) is 0 Å². The van der Waals surface area contributed by atoms with E-state index in [1.165, 1.54) is 16.8 Å². The zero-order chi connectivity index (χ0) is 6.53. The Morgan fingerprint density at radius 3 is 2.44 bits per heavy atom. The Kier molecular flexibility index (Phi) is 2.97. The molecule has 0 aliphatic rings. The summed E-state index contributed by atoms with van der Waals surface area (Å²) in [6.45, 7) is 0. The molecule has 0 aromatic heterocycles. The smallest absolute Gasteiger partial charge is 0.0236 e. The molecule has 1 aromatic carbocycles. The van der Waals surface area contributed by atoms with Crippen molar-refractivity contribution in [3.8, 4) is 0 Å². The van der Waals surface area contributed by atoms with E-state index in [1.54, 1.807) is 0 Å². The van der Waals surface area contributed by atoms with Gasteiger partial charge >= 0.3 is 0 Å². The van der Waals surface area contributed by atoms with E-state index in [-0.39, 0.29) is 0 Å². The van der Waals surface area contributed by atoms with Crippen molar-refractivity contribution < 1.29 is 0 Å². The van der Waals surface area contributed by atoms with Crippen LogP contribution >= 0.6 is 24.8 Å². The maximum absolute atomic E-state index is 3.84. The molecule has 0 amide bonds. The number of benzene rings is 1. The SMILES string of the molecule is SNSc1ccccc1. The molecule has 0 unspecified atom stereocenters. The van der Waals surface area contributed by atoms with Crippen molar-refractivity contribution in [1.82, 2.24) is 4.13 Å². The Morgan fingerprint density at radius 2 is 1.89 bits per heavy atom. The van der Waals surface area contributed by atoms with E-state index >= 15 is 0 Å². The van der Waals surface area contributed by atoms with E-state index in [4.69, 9.17) is 0 Å². The summed E-state index contributed by atoms with van der Waals surface area (Å²) < 4.78 is 2.70. The second-order valence-electron chi connectivity index (χ2n) is 1.51. The fraction of sp³-hybridized carbons (Fsp3) is 0. The molecule has 0 heterocycles. The molecular weight excluding hydrogens is 150 g/mol. The molecule has 1 rings (SSSR count). The molecule has 3 heteroatoms. The van der Waals surface area contributed by atoms with Crippen LogP contribution in [0.1, 0.15) is 0 Å². The summed E-state index contributed by atoms with van der Waals surface area (Å²) >= 11 is 5.33. The molecule has 0 atom stereocenters. The van der Waals surface area contributed by atoms with Gasteiger partial charge in [-0.15, -0.1) is 0 Å². The molecule has 1 nitrogen and oxygen atoms in total. The fourth-order valence-corrected chi connectivity index (χ4v) is 1.26. The lowest BCUT2D eigenvalue weighted by Gasteiger charge is -1.93. The van der Waals surface area contributed by atoms with E-state index in [0.29, 0.717) is 0 Å². The molecule has 0 saturated carbocycles. The number of hydrogen-bond donors (Lipinski definition) is 2. The van der Waals surface area contributed by atoms with E-state index in [9.17, 15) is 0 Å². The van der Waals surface area contributed by atoms with Gasteiger partial charge in [-0.25, -0.2) is 4.13 Å². The van der Waals surface area contributed by atoms with Crippen LogP contribution in [0.4, 0.5) is 0 Å². The van der Waals surface area contributed by atoms with Crippen molar-refractivity contribution in [3.63, 3.8) is 0 Å². The molecule has 9 heavy (non-hydrogen) atoms. The van der Waals surface area contributed by atoms with Gasteiger partial charge in [-0.2, -0.15) is 0 Å². The Hall–Kier alpha value is -0.120. The van der Waals surface area contributed by atoms with Crippen LogP contribution in [-0.2, 0) is 0 Å². The minimum absolute atomic E-state index is 1.17. The largest absolute Gasteiger partial charge is 0.206 e. The number of thiol groups is 1. The quantitative estimate of drug-likeness (QED) is 0.504. The van der Waals surface area contributed by atoms with Crippen LogP contribution in [0.3, 0.4) is 0 Å². The first kappa shape index (κ1) is 6.99. The predicted octanol–water partition coefficient (Wildman–Crippen LogP) is 2.13. The van der Waals surface area contributed by atoms with E-state index in [2.05, 4.69) is 16.9 Å². The molecular formula is C6H7NS2. The highest BCUT2D eigenvalue weighted by Gasteiger charge is 1.85. The third kappa shape index (κ3) is 2.30. The van der Waals surface area contributed by atoms with Crippen LogP contribution in [0.5, 0.6) is 0 Å². The number of nitrogens with one attached hydrogen (secondary N) is 1. The highest BCUT2D eigenvalue weighted by Crippen LogP contribution is 2.12. The normalized spacial score (nSPS) is 9.44. The van der Waals surface area contributed by atoms with Crippen LogP contribution in [-0.4, -0.2) is 0 Å². The zero-order valence-electron chi connectivity index (χ0n) is 4.74. The van der Waals surface area contributed by atoms with Gasteiger partial charge in [-0.05, 0) is 24.1 Å². The first-order chi connectivity index (χ1) is 4.43. The van der Waals surface area contributed by atoms with Crippen molar-refractivity contribution in [2.24, 2.45) is 0 Å². The molecule has 0 spiro atoms. The van der Waals surface area contributed by atoms with Crippen LogP contribution in [0, 0.1) is 0 Å². The van der Waals surface area contributed by atoms with Crippen LogP contribution in [0.15, 0.2) is 35.2 Å². The molecule has 0 saturated heterocycles. The molecule has 1 N–H and O–H groups in total. The minimum atomic E-state index is 1.17. The van der Waals surface area contributed by atoms with Crippen molar-refractivity contribution in [3.05, 3.63) is 30.3 Å². The Balaban J connectivity index is 2.61. The highest BCUT2D eigenvalue weighted by molar-refractivity contribution is 8.06. The third-order valence-electron chi connectivity index (χ3n) is 0.907. The molecule has 1 aromatic rings. The van der Waals surface area contributed by atoms with Gasteiger partial charge in [0.2, 0.25) is 0 Å².